The Bertz CT molecular complexity index is 727. The zero-order valence-electron chi connectivity index (χ0n) is 12.5. The maximum absolute atomic E-state index is 11.1. The van der Waals surface area contributed by atoms with Crippen molar-refractivity contribution in [2.45, 2.75) is 9.97 Å². The van der Waals surface area contributed by atoms with Gasteiger partial charge in [-0.2, -0.15) is 0 Å². The van der Waals surface area contributed by atoms with Gasteiger partial charge in [-0.3, -0.25) is 4.79 Å². The van der Waals surface area contributed by atoms with E-state index in [1.165, 1.54) is 12.1 Å². The molecule has 2 rings (SSSR count). The van der Waals surface area contributed by atoms with Crippen LogP contribution in [-0.4, -0.2) is 17.1 Å². The zero-order valence-corrected chi connectivity index (χ0v) is 21.0. The van der Waals surface area contributed by atoms with Crippen molar-refractivity contribution >= 4 is 73.7 Å². The fourth-order valence-electron chi connectivity index (χ4n) is 1.79. The third-order valence-corrected chi connectivity index (χ3v) is 7.74. The average molecular weight is 673 g/mol. The molecule has 0 radical (unpaired) electrons. The number of alkyl halides is 1. The van der Waals surface area contributed by atoms with Crippen LogP contribution in [0.25, 0.3) is 0 Å². The van der Waals surface area contributed by atoms with Crippen LogP contribution in [0.3, 0.4) is 0 Å². The van der Waals surface area contributed by atoms with E-state index in [1.807, 2.05) is 28.7 Å². The van der Waals surface area contributed by atoms with E-state index in [1.54, 1.807) is 18.2 Å². The van der Waals surface area contributed by atoms with Gasteiger partial charge in [0.1, 0.15) is 17.5 Å². The molecule has 0 saturated carbocycles. The molecule has 0 saturated heterocycles. The maximum Gasteiger partial charge on any atom is 1.00 e. The molecule has 24 heavy (non-hydrogen) atoms. The number of benzene rings is 2. The number of carbonyl (C=O) groups is 1. The van der Waals surface area contributed by atoms with Crippen LogP contribution < -0.4 is 45.1 Å². The standard InChI is InChI=1S/C15H12I3NO4.Na/c16-11-9(12(17)14(19)15(21)22)5-6-10(13(11)18)23-8-3-1-7(20)2-4-8;/h1-6,12,14,20H,19H2,(H,21,22);/q;+1/p-1/t12?,14-;/m1./s1. The molecule has 122 valence electrons. The summed E-state index contributed by atoms with van der Waals surface area (Å²) in [6.07, 6.45) is 0. The minimum atomic E-state index is -1.03. The van der Waals surface area contributed by atoms with Gasteiger partial charge < -0.3 is 20.7 Å². The summed E-state index contributed by atoms with van der Waals surface area (Å²) in [4.78, 5) is 11.1. The topological polar surface area (TPSA) is 95.6 Å². The molecule has 2 atom stereocenters. The average Bonchev–Trinajstić information content (AvgIpc) is 2.52. The fraction of sp³-hybridized carbons (Fsp3) is 0.133. The SMILES string of the molecule is N[C@@H](C(=O)O)C(I)c1ccc(Oc2ccc([O-])cc2)c(I)c1I.[Na+]. The molecular weight excluding hydrogens is 662 g/mol. The molecule has 0 aromatic heterocycles. The third kappa shape index (κ3) is 5.58. The molecule has 2 aromatic carbocycles. The zero-order chi connectivity index (χ0) is 17.1. The van der Waals surface area contributed by atoms with Gasteiger partial charge in [0.25, 0.3) is 0 Å². The summed E-state index contributed by atoms with van der Waals surface area (Å²) in [5.41, 5.74) is 6.57. The van der Waals surface area contributed by atoms with Crippen LogP contribution in [0.2, 0.25) is 0 Å². The van der Waals surface area contributed by atoms with Gasteiger partial charge in [0.2, 0.25) is 0 Å². The number of aliphatic carboxylic acids is 1. The van der Waals surface area contributed by atoms with Crippen molar-refractivity contribution in [1.82, 2.24) is 0 Å². The van der Waals surface area contributed by atoms with E-state index in [2.05, 4.69) is 45.2 Å². The molecule has 0 aliphatic heterocycles. The van der Waals surface area contributed by atoms with E-state index in [4.69, 9.17) is 15.6 Å². The normalized spacial score (nSPS) is 12.8. The molecule has 3 N–H and O–H groups in total. The van der Waals surface area contributed by atoms with Gasteiger partial charge >= 0.3 is 35.5 Å². The second-order valence-corrected chi connectivity index (χ2v) is 8.12. The minimum Gasteiger partial charge on any atom is -0.872 e. The summed E-state index contributed by atoms with van der Waals surface area (Å²) in [5.74, 6) is 0.102. The van der Waals surface area contributed by atoms with Gasteiger partial charge in [0, 0.05) is 3.57 Å². The number of hydrogen-bond acceptors (Lipinski definition) is 4. The van der Waals surface area contributed by atoms with Crippen molar-refractivity contribution in [2.75, 3.05) is 0 Å². The number of carboxylic acids is 1. The minimum absolute atomic E-state index is 0. The Morgan fingerprint density at radius 1 is 1.12 bits per heavy atom. The molecule has 0 aliphatic carbocycles. The molecule has 0 spiro atoms. The van der Waals surface area contributed by atoms with Crippen molar-refractivity contribution in [3.63, 3.8) is 0 Å². The van der Waals surface area contributed by atoms with E-state index in [0.717, 1.165) is 12.7 Å². The molecule has 5 nitrogen and oxygen atoms in total. The number of nitrogens with two attached hydrogens (primary N) is 1. The van der Waals surface area contributed by atoms with Gasteiger partial charge in [-0.25, -0.2) is 0 Å². The summed E-state index contributed by atoms with van der Waals surface area (Å²) >= 11 is 6.35. The first kappa shape index (κ1) is 22.7. The molecule has 0 aliphatic rings. The summed E-state index contributed by atoms with van der Waals surface area (Å²) in [6.45, 7) is 0. The molecular formula is C15H11I3NNaO4. The van der Waals surface area contributed by atoms with Crippen LogP contribution in [0.4, 0.5) is 0 Å². The van der Waals surface area contributed by atoms with E-state index >= 15 is 0 Å². The summed E-state index contributed by atoms with van der Waals surface area (Å²) in [5, 5.41) is 20.2. The van der Waals surface area contributed by atoms with Gasteiger partial charge in [-0.1, -0.05) is 40.8 Å². The van der Waals surface area contributed by atoms with E-state index in [9.17, 15) is 9.90 Å². The molecule has 0 bridgehead atoms. The van der Waals surface area contributed by atoms with Crippen LogP contribution in [0.5, 0.6) is 17.2 Å². The number of rotatable bonds is 5. The van der Waals surface area contributed by atoms with Crippen LogP contribution in [-0.2, 0) is 4.79 Å². The van der Waals surface area contributed by atoms with Gasteiger partial charge in [0.05, 0.1) is 7.49 Å². The van der Waals surface area contributed by atoms with Crippen molar-refractivity contribution in [3.05, 3.63) is 49.1 Å². The quantitative estimate of drug-likeness (QED) is 0.277. The molecule has 2 aromatic rings. The second-order valence-electron chi connectivity index (χ2n) is 4.62. The summed E-state index contributed by atoms with van der Waals surface area (Å²) < 4.78 is 7.21. The fourth-order valence-corrected chi connectivity index (χ4v) is 4.60. The Kier molecular flexibility index (Phi) is 9.57. The largest absolute Gasteiger partial charge is 1.00 e. The van der Waals surface area contributed by atoms with E-state index in [0.29, 0.717) is 11.5 Å². The van der Waals surface area contributed by atoms with Gasteiger partial charge in [-0.05, 0) is 68.9 Å². The number of halogens is 3. The van der Waals surface area contributed by atoms with Crippen LogP contribution in [0.1, 0.15) is 9.49 Å². The Morgan fingerprint density at radius 2 is 1.71 bits per heavy atom. The number of carboxylic acid groups (broad SMARTS) is 1. The Labute approximate surface area is 202 Å². The molecule has 0 amide bonds. The predicted octanol–water partition coefficient (Wildman–Crippen LogP) is 0.654. The van der Waals surface area contributed by atoms with Crippen molar-refractivity contribution < 1.29 is 49.3 Å². The molecule has 0 fully saturated rings. The third-order valence-electron chi connectivity index (χ3n) is 3.03. The first-order valence-corrected chi connectivity index (χ1v) is 9.77. The van der Waals surface area contributed by atoms with Crippen molar-refractivity contribution in [2.24, 2.45) is 5.73 Å². The van der Waals surface area contributed by atoms with Crippen LogP contribution in [0.15, 0.2) is 36.4 Å². The van der Waals surface area contributed by atoms with Crippen molar-refractivity contribution in [1.29, 1.82) is 0 Å². The first-order chi connectivity index (χ1) is 10.8. The molecule has 0 heterocycles. The summed E-state index contributed by atoms with van der Waals surface area (Å²) in [6, 6.07) is 8.73. The number of hydrogen-bond donors (Lipinski definition) is 2. The Morgan fingerprint density at radius 3 is 2.25 bits per heavy atom. The van der Waals surface area contributed by atoms with E-state index in [-0.39, 0.29) is 39.2 Å². The van der Waals surface area contributed by atoms with Gasteiger partial charge in [0.15, 0.2) is 0 Å². The van der Waals surface area contributed by atoms with Crippen molar-refractivity contribution in [3.8, 4) is 17.2 Å². The number of ether oxygens (including phenoxy) is 1. The van der Waals surface area contributed by atoms with Crippen LogP contribution in [0, 0.1) is 7.14 Å². The maximum atomic E-state index is 11.1. The second kappa shape index (κ2) is 10.1. The first-order valence-electron chi connectivity index (χ1n) is 6.36. The smallest absolute Gasteiger partial charge is 0.872 e. The van der Waals surface area contributed by atoms with Crippen LogP contribution >= 0.6 is 67.8 Å². The van der Waals surface area contributed by atoms with E-state index < -0.39 is 12.0 Å². The summed E-state index contributed by atoms with van der Waals surface area (Å²) in [7, 11) is 0. The Balaban J connectivity index is 0.00000288. The van der Waals surface area contributed by atoms with Gasteiger partial charge in [-0.15, -0.1) is 5.75 Å². The Hall–Kier alpha value is 0.660. The monoisotopic (exact) mass is 673 g/mol. The predicted molar refractivity (Wildman–Crippen MR) is 110 cm³/mol. The molecule has 1 unspecified atom stereocenters. The molecule has 9 heteroatoms.